The topological polar surface area (TPSA) is 70.5 Å². The summed E-state index contributed by atoms with van der Waals surface area (Å²) in [4.78, 5) is 0. The second kappa shape index (κ2) is 12.2. The van der Waals surface area contributed by atoms with E-state index in [-0.39, 0.29) is 17.5 Å². The maximum atomic E-state index is 6.15. The van der Waals surface area contributed by atoms with Crippen molar-refractivity contribution in [3.8, 4) is 11.5 Å². The smallest absolute Gasteiger partial charge is 0.147 e. The minimum absolute atomic E-state index is 0.0227. The maximum Gasteiger partial charge on any atom is 0.147 e. The fraction of sp³-hybridized carbons (Fsp3) is 0.520. The van der Waals surface area contributed by atoms with Gasteiger partial charge >= 0.3 is 0 Å². The van der Waals surface area contributed by atoms with Crippen LogP contribution in [0, 0.1) is 11.8 Å². The van der Waals surface area contributed by atoms with E-state index in [9.17, 15) is 0 Å². The van der Waals surface area contributed by atoms with Crippen molar-refractivity contribution in [2.45, 2.75) is 59.0 Å². The summed E-state index contributed by atoms with van der Waals surface area (Å²) in [5, 5.41) is 0. The summed E-state index contributed by atoms with van der Waals surface area (Å²) in [6.45, 7) is 13.7. The number of nitrogens with two attached hydrogens (primary N) is 2. The van der Waals surface area contributed by atoms with E-state index in [0.717, 1.165) is 40.5 Å². The summed E-state index contributed by atoms with van der Waals surface area (Å²) in [7, 11) is 0. The zero-order chi connectivity index (χ0) is 25.1. The van der Waals surface area contributed by atoms with E-state index in [1.807, 2.05) is 0 Å². The lowest BCUT2D eigenvalue weighted by atomic mass is 9.78. The maximum absolute atomic E-state index is 6.15. The molecule has 2 aromatic rings. The van der Waals surface area contributed by atoms with E-state index in [1.54, 1.807) is 0 Å². The van der Waals surface area contributed by atoms with E-state index >= 15 is 0 Å². The SMILES string of the molecule is CC(C)C(N)COc1c(Br)cc(C(C)(C)c2cc(Br)c(OCC(N)C(C)C)c(Br)c2)cc1Br. The highest BCUT2D eigenvalue weighted by Crippen LogP contribution is 2.44. The Bertz CT molecular complexity index is 842. The van der Waals surface area contributed by atoms with Crippen LogP contribution in [0.2, 0.25) is 0 Å². The normalized spacial score (nSPS) is 14.0. The Labute approximate surface area is 232 Å². The number of halogens is 4. The number of hydrogen-bond acceptors (Lipinski definition) is 4. The fourth-order valence-electron chi connectivity index (χ4n) is 3.03. The lowest BCUT2D eigenvalue weighted by Crippen LogP contribution is -2.33. The number of ether oxygens (including phenoxy) is 2. The Kier molecular flexibility index (Phi) is 10.8. The van der Waals surface area contributed by atoms with Crippen LogP contribution in [0.3, 0.4) is 0 Å². The van der Waals surface area contributed by atoms with Crippen molar-refractivity contribution in [2.75, 3.05) is 13.2 Å². The second-order valence-corrected chi connectivity index (χ2v) is 13.0. The highest BCUT2D eigenvalue weighted by atomic mass is 79.9. The van der Waals surface area contributed by atoms with Gasteiger partial charge in [-0.3, -0.25) is 0 Å². The van der Waals surface area contributed by atoms with Crippen molar-refractivity contribution < 1.29 is 9.47 Å². The van der Waals surface area contributed by atoms with Gasteiger partial charge in [-0.2, -0.15) is 0 Å². The first kappa shape index (κ1) is 29.1. The van der Waals surface area contributed by atoms with E-state index in [2.05, 4.69) is 130 Å². The van der Waals surface area contributed by atoms with Gasteiger partial charge in [0, 0.05) is 17.5 Å². The Hall–Kier alpha value is -0.120. The van der Waals surface area contributed by atoms with Crippen molar-refractivity contribution in [1.29, 1.82) is 0 Å². The van der Waals surface area contributed by atoms with Gasteiger partial charge in [0.15, 0.2) is 0 Å². The van der Waals surface area contributed by atoms with Crippen LogP contribution in [0.15, 0.2) is 42.2 Å². The van der Waals surface area contributed by atoms with E-state index in [4.69, 9.17) is 20.9 Å². The molecule has 2 rings (SSSR count). The standard InChI is InChI=1S/C25H34Br4N2O2/c1-13(2)21(30)11-32-23-17(26)7-15(8-18(23)27)25(5,6)16-9-19(28)24(20(29)10-16)33-12-22(31)14(3)4/h7-10,13-14,21-22H,11-12,30-31H2,1-6H3. The van der Waals surface area contributed by atoms with E-state index < -0.39 is 0 Å². The largest absolute Gasteiger partial charge is 0.490 e. The van der Waals surface area contributed by atoms with E-state index in [1.165, 1.54) is 0 Å². The molecule has 0 amide bonds. The molecule has 0 fully saturated rings. The minimum Gasteiger partial charge on any atom is -0.490 e. The van der Waals surface area contributed by atoms with Crippen molar-refractivity contribution in [3.63, 3.8) is 0 Å². The molecule has 184 valence electrons. The third kappa shape index (κ3) is 7.43. The van der Waals surface area contributed by atoms with E-state index in [0.29, 0.717) is 25.0 Å². The summed E-state index contributed by atoms with van der Waals surface area (Å²) in [6.07, 6.45) is 0. The minimum atomic E-state index is -0.282. The third-order valence-corrected chi connectivity index (χ3v) is 8.35. The number of rotatable bonds is 10. The molecule has 0 aliphatic heterocycles. The molecule has 2 unspecified atom stereocenters. The number of benzene rings is 2. The molecule has 8 heteroatoms. The molecule has 33 heavy (non-hydrogen) atoms. The van der Waals surface area contributed by atoms with Gasteiger partial charge in [0.1, 0.15) is 24.7 Å². The molecule has 2 atom stereocenters. The molecule has 0 saturated heterocycles. The molecule has 0 radical (unpaired) electrons. The predicted molar refractivity (Wildman–Crippen MR) is 152 cm³/mol. The third-order valence-electron chi connectivity index (χ3n) is 5.99. The van der Waals surface area contributed by atoms with Gasteiger partial charge in [-0.25, -0.2) is 0 Å². The first-order valence-corrected chi connectivity index (χ1v) is 14.2. The van der Waals surface area contributed by atoms with Gasteiger partial charge in [-0.15, -0.1) is 0 Å². The summed E-state index contributed by atoms with van der Waals surface area (Å²) in [5.74, 6) is 2.23. The Morgan fingerprint density at radius 3 is 1.18 bits per heavy atom. The average molecular weight is 714 g/mol. The molecule has 4 nitrogen and oxygen atoms in total. The van der Waals surface area contributed by atoms with Crippen LogP contribution < -0.4 is 20.9 Å². The van der Waals surface area contributed by atoms with Gasteiger partial charge in [0.25, 0.3) is 0 Å². The molecule has 2 aromatic carbocycles. The molecular weight excluding hydrogens is 680 g/mol. The molecular formula is C25H34Br4N2O2. The molecule has 0 spiro atoms. The summed E-state index contributed by atoms with van der Waals surface area (Å²) >= 11 is 14.8. The molecule has 0 bridgehead atoms. The predicted octanol–water partition coefficient (Wildman–Crippen LogP) is 7.79. The highest BCUT2D eigenvalue weighted by Gasteiger charge is 2.27. The van der Waals surface area contributed by atoms with Crippen LogP contribution in [0.5, 0.6) is 11.5 Å². The van der Waals surface area contributed by atoms with Crippen LogP contribution in [0.1, 0.15) is 52.7 Å². The van der Waals surface area contributed by atoms with Crippen LogP contribution in [0.25, 0.3) is 0 Å². The molecule has 0 saturated carbocycles. The number of hydrogen-bond donors (Lipinski definition) is 2. The summed E-state index contributed by atoms with van der Waals surface area (Å²) in [6, 6.07) is 8.38. The molecule has 0 heterocycles. The molecule has 0 aliphatic rings. The van der Waals surface area contributed by atoms with Gasteiger partial charge in [0.2, 0.25) is 0 Å². The van der Waals surface area contributed by atoms with Crippen molar-refractivity contribution in [1.82, 2.24) is 0 Å². The lowest BCUT2D eigenvalue weighted by molar-refractivity contribution is 0.256. The first-order chi connectivity index (χ1) is 15.2. The Morgan fingerprint density at radius 1 is 0.667 bits per heavy atom. The van der Waals surface area contributed by atoms with Crippen molar-refractivity contribution >= 4 is 63.7 Å². The van der Waals surface area contributed by atoms with Gasteiger partial charge in [-0.05, 0) is 111 Å². The molecule has 0 aromatic heterocycles. The Balaban J connectivity index is 2.32. The molecule has 0 aliphatic carbocycles. The monoisotopic (exact) mass is 710 g/mol. The van der Waals surface area contributed by atoms with Gasteiger partial charge in [0.05, 0.1) is 17.9 Å². The molecule has 4 N–H and O–H groups in total. The summed E-state index contributed by atoms with van der Waals surface area (Å²) < 4.78 is 15.6. The zero-order valence-electron chi connectivity index (χ0n) is 20.0. The average Bonchev–Trinajstić information content (AvgIpc) is 2.71. The van der Waals surface area contributed by atoms with Crippen LogP contribution in [-0.2, 0) is 5.41 Å². The lowest BCUT2D eigenvalue weighted by Gasteiger charge is -2.29. The Morgan fingerprint density at radius 2 is 0.939 bits per heavy atom. The van der Waals surface area contributed by atoms with Crippen LogP contribution in [0.4, 0.5) is 0 Å². The second-order valence-electron chi connectivity index (χ2n) is 9.60. The zero-order valence-corrected chi connectivity index (χ0v) is 26.4. The van der Waals surface area contributed by atoms with Gasteiger partial charge < -0.3 is 20.9 Å². The van der Waals surface area contributed by atoms with Crippen molar-refractivity contribution in [3.05, 3.63) is 53.3 Å². The fourth-order valence-corrected chi connectivity index (χ4v) is 5.86. The first-order valence-electron chi connectivity index (χ1n) is 11.0. The van der Waals surface area contributed by atoms with Gasteiger partial charge in [-0.1, -0.05) is 41.5 Å². The quantitative estimate of drug-likeness (QED) is 0.264. The van der Waals surface area contributed by atoms with Crippen molar-refractivity contribution in [2.24, 2.45) is 23.3 Å². The van der Waals surface area contributed by atoms with Crippen LogP contribution >= 0.6 is 63.7 Å². The highest BCUT2D eigenvalue weighted by molar-refractivity contribution is 9.11. The van der Waals surface area contributed by atoms with Crippen LogP contribution in [-0.4, -0.2) is 25.3 Å². The summed E-state index contributed by atoms with van der Waals surface area (Å²) in [5.41, 5.74) is 14.3.